The third-order valence-corrected chi connectivity index (χ3v) is 4.51. The molecule has 0 saturated carbocycles. The van der Waals surface area contributed by atoms with Crippen LogP contribution in [-0.2, 0) is 7.05 Å². The number of carbonyl (C=O) groups excluding carboxylic acids is 1. The minimum Gasteiger partial charge on any atom is -0.494 e. The third-order valence-electron chi connectivity index (χ3n) is 4.51. The lowest BCUT2D eigenvalue weighted by Gasteiger charge is -2.35. The highest BCUT2D eigenvalue weighted by Gasteiger charge is 2.23. The van der Waals surface area contributed by atoms with E-state index in [2.05, 4.69) is 16.8 Å². The van der Waals surface area contributed by atoms with Crippen LogP contribution in [0.5, 0.6) is 5.75 Å². The SMILES string of the molecule is CCCCOc1ccc(C(=O)N2CCN(c3nccn3C)CC2)cc1. The molecule has 3 rings (SSSR count). The summed E-state index contributed by atoms with van der Waals surface area (Å²) < 4.78 is 7.66. The maximum Gasteiger partial charge on any atom is 0.253 e. The summed E-state index contributed by atoms with van der Waals surface area (Å²) in [7, 11) is 1.99. The fourth-order valence-electron chi connectivity index (χ4n) is 2.98. The van der Waals surface area contributed by atoms with Gasteiger partial charge >= 0.3 is 0 Å². The number of anilines is 1. The second-order valence-corrected chi connectivity index (χ2v) is 6.34. The molecule has 1 aliphatic rings. The molecule has 0 spiro atoms. The van der Waals surface area contributed by atoms with E-state index in [1.165, 1.54) is 0 Å². The van der Waals surface area contributed by atoms with Crippen LogP contribution in [0.2, 0.25) is 0 Å². The van der Waals surface area contributed by atoms with Crippen LogP contribution in [0.25, 0.3) is 0 Å². The number of hydrogen-bond donors (Lipinski definition) is 0. The zero-order chi connectivity index (χ0) is 17.6. The number of carbonyl (C=O) groups is 1. The summed E-state index contributed by atoms with van der Waals surface area (Å²) in [6.45, 7) is 5.88. The molecule has 0 bridgehead atoms. The zero-order valence-electron chi connectivity index (χ0n) is 15.0. The maximum atomic E-state index is 12.7. The number of amides is 1. The van der Waals surface area contributed by atoms with Crippen LogP contribution in [0, 0.1) is 0 Å². The summed E-state index contributed by atoms with van der Waals surface area (Å²) in [5.74, 6) is 1.87. The predicted molar refractivity (Wildman–Crippen MR) is 98.2 cm³/mol. The summed E-state index contributed by atoms with van der Waals surface area (Å²) in [4.78, 5) is 21.2. The predicted octanol–water partition coefficient (Wildman–Crippen LogP) is 2.56. The van der Waals surface area contributed by atoms with Crippen LogP contribution in [0.1, 0.15) is 30.1 Å². The van der Waals surface area contributed by atoms with Gasteiger partial charge in [0.1, 0.15) is 5.75 Å². The van der Waals surface area contributed by atoms with Gasteiger partial charge in [0.15, 0.2) is 0 Å². The Morgan fingerprint density at radius 3 is 2.48 bits per heavy atom. The van der Waals surface area contributed by atoms with Gasteiger partial charge in [0.05, 0.1) is 6.61 Å². The van der Waals surface area contributed by atoms with Crippen molar-refractivity contribution in [2.24, 2.45) is 7.05 Å². The molecule has 1 amide bonds. The Kier molecular flexibility index (Phi) is 5.58. The molecule has 6 nitrogen and oxygen atoms in total. The van der Waals surface area contributed by atoms with Crippen molar-refractivity contribution in [1.82, 2.24) is 14.5 Å². The first kappa shape index (κ1) is 17.3. The number of benzene rings is 1. The number of imidazole rings is 1. The van der Waals surface area contributed by atoms with Gasteiger partial charge < -0.3 is 19.1 Å². The van der Waals surface area contributed by atoms with Crippen molar-refractivity contribution in [3.8, 4) is 5.75 Å². The van der Waals surface area contributed by atoms with E-state index in [0.29, 0.717) is 18.7 Å². The number of aromatic nitrogens is 2. The third kappa shape index (κ3) is 4.13. The smallest absolute Gasteiger partial charge is 0.253 e. The average Bonchev–Trinajstić information content (AvgIpc) is 3.08. The van der Waals surface area contributed by atoms with Crippen molar-refractivity contribution in [3.05, 3.63) is 42.2 Å². The Hall–Kier alpha value is -2.50. The largest absolute Gasteiger partial charge is 0.494 e. The molecule has 1 aromatic carbocycles. The van der Waals surface area contributed by atoms with Gasteiger partial charge in [0, 0.05) is 51.2 Å². The van der Waals surface area contributed by atoms with Gasteiger partial charge in [-0.05, 0) is 30.7 Å². The number of piperazine rings is 1. The highest BCUT2D eigenvalue weighted by atomic mass is 16.5. The number of rotatable bonds is 6. The highest BCUT2D eigenvalue weighted by Crippen LogP contribution is 2.17. The van der Waals surface area contributed by atoms with Gasteiger partial charge in [-0.25, -0.2) is 4.98 Å². The topological polar surface area (TPSA) is 50.6 Å². The normalized spacial score (nSPS) is 14.6. The molecule has 1 aliphatic heterocycles. The summed E-state index contributed by atoms with van der Waals surface area (Å²) in [6, 6.07) is 7.48. The Morgan fingerprint density at radius 2 is 1.88 bits per heavy atom. The number of ether oxygens (including phenoxy) is 1. The van der Waals surface area contributed by atoms with E-state index in [9.17, 15) is 4.79 Å². The number of nitrogens with zero attached hydrogens (tertiary/aromatic N) is 4. The lowest BCUT2D eigenvalue weighted by atomic mass is 10.1. The molecule has 134 valence electrons. The molecular weight excluding hydrogens is 316 g/mol. The summed E-state index contributed by atoms with van der Waals surface area (Å²) in [5.41, 5.74) is 0.716. The molecule has 6 heteroatoms. The van der Waals surface area contributed by atoms with E-state index in [1.807, 2.05) is 47.0 Å². The van der Waals surface area contributed by atoms with Gasteiger partial charge in [0.2, 0.25) is 5.95 Å². The molecule has 0 atom stereocenters. The number of hydrogen-bond acceptors (Lipinski definition) is 4. The Bertz CT molecular complexity index is 688. The van der Waals surface area contributed by atoms with Crippen LogP contribution < -0.4 is 9.64 Å². The van der Waals surface area contributed by atoms with Crippen LogP contribution in [0.15, 0.2) is 36.7 Å². The standard InChI is InChI=1S/C19H26N4O2/c1-3-4-15-25-17-7-5-16(6-8-17)18(24)22-11-13-23(14-12-22)19-20-9-10-21(19)2/h5-10H,3-4,11-15H2,1-2H3. The summed E-state index contributed by atoms with van der Waals surface area (Å²) in [5, 5.41) is 0. The van der Waals surface area contributed by atoms with Crippen molar-refractivity contribution in [2.45, 2.75) is 19.8 Å². The van der Waals surface area contributed by atoms with E-state index in [-0.39, 0.29) is 5.91 Å². The van der Waals surface area contributed by atoms with E-state index in [4.69, 9.17) is 4.74 Å². The first-order chi connectivity index (χ1) is 12.2. The van der Waals surface area contributed by atoms with Gasteiger partial charge in [0.25, 0.3) is 5.91 Å². The molecular formula is C19H26N4O2. The fourth-order valence-corrected chi connectivity index (χ4v) is 2.98. The fraction of sp³-hybridized carbons (Fsp3) is 0.474. The van der Waals surface area contributed by atoms with Gasteiger partial charge in [-0.1, -0.05) is 13.3 Å². The van der Waals surface area contributed by atoms with Crippen LogP contribution >= 0.6 is 0 Å². The molecule has 0 unspecified atom stereocenters. The number of aryl methyl sites for hydroxylation is 1. The Labute approximate surface area is 149 Å². The first-order valence-corrected chi connectivity index (χ1v) is 8.93. The van der Waals surface area contributed by atoms with Crippen molar-refractivity contribution >= 4 is 11.9 Å². The maximum absolute atomic E-state index is 12.7. The van der Waals surface area contributed by atoms with Crippen molar-refractivity contribution in [1.29, 1.82) is 0 Å². The molecule has 0 N–H and O–H groups in total. The Morgan fingerprint density at radius 1 is 1.16 bits per heavy atom. The minimum absolute atomic E-state index is 0.0830. The van der Waals surface area contributed by atoms with Gasteiger partial charge in [-0.15, -0.1) is 0 Å². The first-order valence-electron chi connectivity index (χ1n) is 8.93. The second kappa shape index (κ2) is 8.05. The quantitative estimate of drug-likeness (QED) is 0.757. The van der Waals surface area contributed by atoms with Gasteiger partial charge in [-0.3, -0.25) is 4.79 Å². The van der Waals surface area contributed by atoms with E-state index < -0.39 is 0 Å². The minimum atomic E-state index is 0.0830. The molecule has 0 aliphatic carbocycles. The lowest BCUT2D eigenvalue weighted by molar-refractivity contribution is 0.0746. The second-order valence-electron chi connectivity index (χ2n) is 6.34. The molecule has 1 aromatic heterocycles. The van der Waals surface area contributed by atoms with Gasteiger partial charge in [-0.2, -0.15) is 0 Å². The van der Waals surface area contributed by atoms with Crippen LogP contribution in [0.4, 0.5) is 5.95 Å². The molecule has 2 heterocycles. The van der Waals surface area contributed by atoms with Crippen molar-refractivity contribution in [2.75, 3.05) is 37.7 Å². The Balaban J connectivity index is 1.54. The monoisotopic (exact) mass is 342 g/mol. The molecule has 0 radical (unpaired) electrons. The van der Waals surface area contributed by atoms with E-state index in [1.54, 1.807) is 6.20 Å². The average molecular weight is 342 g/mol. The summed E-state index contributed by atoms with van der Waals surface area (Å²) in [6.07, 6.45) is 5.90. The summed E-state index contributed by atoms with van der Waals surface area (Å²) >= 11 is 0. The highest BCUT2D eigenvalue weighted by molar-refractivity contribution is 5.94. The van der Waals surface area contributed by atoms with Crippen LogP contribution in [-0.4, -0.2) is 53.1 Å². The zero-order valence-corrected chi connectivity index (χ0v) is 15.0. The van der Waals surface area contributed by atoms with Crippen molar-refractivity contribution < 1.29 is 9.53 Å². The van der Waals surface area contributed by atoms with Crippen LogP contribution in [0.3, 0.4) is 0 Å². The van der Waals surface area contributed by atoms with Crippen molar-refractivity contribution in [3.63, 3.8) is 0 Å². The molecule has 2 aromatic rings. The molecule has 1 fully saturated rings. The molecule has 25 heavy (non-hydrogen) atoms. The van der Waals surface area contributed by atoms with E-state index >= 15 is 0 Å². The lowest BCUT2D eigenvalue weighted by Crippen LogP contribution is -2.49. The number of unbranched alkanes of at least 4 members (excludes halogenated alkanes) is 1. The molecule has 1 saturated heterocycles. The van der Waals surface area contributed by atoms with E-state index in [0.717, 1.165) is 44.2 Å².